The number of rotatable bonds is 8. The minimum absolute atomic E-state index is 0.128. The van der Waals surface area contributed by atoms with Crippen LogP contribution in [-0.4, -0.2) is 33.2 Å². The lowest BCUT2D eigenvalue weighted by Crippen LogP contribution is -2.45. The van der Waals surface area contributed by atoms with Crippen LogP contribution < -0.4 is 0 Å². The van der Waals surface area contributed by atoms with E-state index in [1.165, 1.54) is 0 Å². The summed E-state index contributed by atoms with van der Waals surface area (Å²) in [5.41, 5.74) is 4.22. The number of ether oxygens (including phenoxy) is 2. The van der Waals surface area contributed by atoms with E-state index in [0.29, 0.717) is 29.5 Å². The van der Waals surface area contributed by atoms with Crippen molar-refractivity contribution in [2.24, 2.45) is 11.3 Å². The summed E-state index contributed by atoms with van der Waals surface area (Å²) in [6.07, 6.45) is 2.69. The van der Waals surface area contributed by atoms with Gasteiger partial charge in [-0.15, -0.1) is 11.5 Å². The van der Waals surface area contributed by atoms with E-state index < -0.39 is 25.4 Å². The fourth-order valence-corrected chi connectivity index (χ4v) is 10.5. The van der Waals surface area contributed by atoms with Gasteiger partial charge in [-0.1, -0.05) is 48.0 Å². The third kappa shape index (κ3) is 4.64. The lowest BCUT2D eigenvalue weighted by Gasteiger charge is -2.38. The maximum Gasteiger partial charge on any atom is 0.323 e. The molecule has 0 bridgehead atoms. The Balaban J connectivity index is 3.23. The van der Waals surface area contributed by atoms with Gasteiger partial charge >= 0.3 is 11.9 Å². The molecule has 5 heteroatoms. The van der Waals surface area contributed by atoms with Gasteiger partial charge in [-0.2, -0.15) is 0 Å². The van der Waals surface area contributed by atoms with E-state index in [9.17, 15) is 9.59 Å². The molecule has 0 amide bonds. The summed E-state index contributed by atoms with van der Waals surface area (Å²) in [6.45, 7) is 17.8. The van der Waals surface area contributed by atoms with Crippen molar-refractivity contribution in [3.05, 3.63) is 0 Å². The van der Waals surface area contributed by atoms with E-state index in [-0.39, 0.29) is 19.1 Å². The maximum absolute atomic E-state index is 12.8. The van der Waals surface area contributed by atoms with Crippen molar-refractivity contribution >= 4 is 20.0 Å². The van der Waals surface area contributed by atoms with Crippen molar-refractivity contribution in [1.29, 1.82) is 0 Å². The largest absolute Gasteiger partial charge is 0.465 e. The topological polar surface area (TPSA) is 52.6 Å². The molecular formula is C23H40O4Si. The van der Waals surface area contributed by atoms with Crippen LogP contribution in [0.2, 0.25) is 16.6 Å². The Morgan fingerprint density at radius 2 is 1.43 bits per heavy atom. The molecule has 160 valence electrons. The van der Waals surface area contributed by atoms with Crippen molar-refractivity contribution in [2.45, 2.75) is 97.7 Å². The third-order valence-electron chi connectivity index (χ3n) is 6.62. The minimum Gasteiger partial charge on any atom is -0.465 e. The molecule has 0 heterocycles. The van der Waals surface area contributed by atoms with Crippen LogP contribution in [0.3, 0.4) is 0 Å². The highest BCUT2D eigenvalue weighted by Gasteiger charge is 2.57. The lowest BCUT2D eigenvalue weighted by molar-refractivity contribution is -0.175. The first kappa shape index (κ1) is 24.8. The van der Waals surface area contributed by atoms with Gasteiger partial charge < -0.3 is 9.47 Å². The molecule has 1 atom stereocenters. The molecule has 0 spiro atoms. The fraction of sp³-hybridized carbons (Fsp3) is 0.826. The fourth-order valence-electron chi connectivity index (χ4n) is 5.25. The van der Waals surface area contributed by atoms with Crippen molar-refractivity contribution < 1.29 is 19.1 Å². The highest BCUT2D eigenvalue weighted by atomic mass is 28.3. The molecule has 1 aliphatic carbocycles. The van der Waals surface area contributed by atoms with E-state index >= 15 is 0 Å². The molecule has 0 aromatic heterocycles. The zero-order valence-electron chi connectivity index (χ0n) is 19.2. The zero-order chi connectivity index (χ0) is 21.5. The van der Waals surface area contributed by atoms with Crippen LogP contribution in [0.25, 0.3) is 0 Å². The smallest absolute Gasteiger partial charge is 0.323 e. The Hall–Kier alpha value is -1.28. The lowest BCUT2D eigenvalue weighted by atomic mass is 9.76. The van der Waals surface area contributed by atoms with Crippen LogP contribution in [0.15, 0.2) is 0 Å². The SMILES string of the molecule is CCOC(=O)C1(C(=O)OCC)CCCC1CC#C[Si](C(C)C)(C(C)C)C(C)C. The number of carbonyl (C=O) groups is 2. The van der Waals surface area contributed by atoms with Gasteiger partial charge in [0.2, 0.25) is 0 Å². The van der Waals surface area contributed by atoms with Gasteiger partial charge in [0, 0.05) is 6.42 Å². The molecule has 1 fully saturated rings. The van der Waals surface area contributed by atoms with Gasteiger partial charge in [-0.05, 0) is 49.2 Å². The molecular weight excluding hydrogens is 368 g/mol. The summed E-state index contributed by atoms with van der Waals surface area (Å²) in [5, 5.41) is 0. The third-order valence-corrected chi connectivity index (χ3v) is 13.0. The summed E-state index contributed by atoms with van der Waals surface area (Å²) in [5.74, 6) is 2.46. The second-order valence-electron chi connectivity index (χ2n) is 8.90. The molecule has 0 aliphatic heterocycles. The number of carbonyl (C=O) groups excluding carboxylic acids is 2. The average molecular weight is 409 g/mol. The highest BCUT2D eigenvalue weighted by Crippen LogP contribution is 2.47. The van der Waals surface area contributed by atoms with E-state index in [0.717, 1.165) is 12.8 Å². The van der Waals surface area contributed by atoms with Gasteiger partial charge in [-0.3, -0.25) is 9.59 Å². The quantitative estimate of drug-likeness (QED) is 0.230. The van der Waals surface area contributed by atoms with Gasteiger partial charge in [0.15, 0.2) is 5.41 Å². The molecule has 0 aromatic rings. The van der Waals surface area contributed by atoms with E-state index in [4.69, 9.17) is 9.47 Å². The molecule has 0 aromatic carbocycles. The summed E-state index contributed by atoms with van der Waals surface area (Å²) < 4.78 is 10.6. The van der Waals surface area contributed by atoms with Crippen LogP contribution in [-0.2, 0) is 19.1 Å². The summed E-state index contributed by atoms with van der Waals surface area (Å²) >= 11 is 0. The van der Waals surface area contributed by atoms with Crippen LogP contribution in [0, 0.1) is 22.8 Å². The molecule has 28 heavy (non-hydrogen) atoms. The summed E-state index contributed by atoms with van der Waals surface area (Å²) in [4.78, 5) is 25.6. The van der Waals surface area contributed by atoms with Gasteiger partial charge in [0.05, 0.1) is 13.2 Å². The zero-order valence-corrected chi connectivity index (χ0v) is 20.2. The van der Waals surface area contributed by atoms with Gasteiger partial charge in [0.1, 0.15) is 8.07 Å². The molecule has 1 saturated carbocycles. The number of hydrogen-bond acceptors (Lipinski definition) is 4. The Morgan fingerprint density at radius 1 is 0.964 bits per heavy atom. The predicted molar refractivity (Wildman–Crippen MR) is 116 cm³/mol. The first-order chi connectivity index (χ1) is 13.1. The standard InChI is InChI=1S/C23H40O4Si/c1-9-26-21(24)23(22(25)27-10-2)15-11-13-20(23)14-12-16-28(17(3)4,18(5)6)19(7)8/h17-20H,9-11,13-15H2,1-8H3. The molecule has 1 rings (SSSR count). The predicted octanol–water partition coefficient (Wildman–Crippen LogP) is 5.51. The number of esters is 2. The average Bonchev–Trinajstić information content (AvgIpc) is 3.03. The molecule has 1 aliphatic rings. The van der Waals surface area contributed by atoms with E-state index in [2.05, 4.69) is 53.0 Å². The second-order valence-corrected chi connectivity index (χ2v) is 14.5. The van der Waals surface area contributed by atoms with Crippen molar-refractivity contribution in [1.82, 2.24) is 0 Å². The first-order valence-electron chi connectivity index (χ1n) is 11.0. The van der Waals surface area contributed by atoms with Gasteiger partial charge in [-0.25, -0.2) is 0 Å². The minimum atomic E-state index is -1.82. The van der Waals surface area contributed by atoms with Crippen LogP contribution >= 0.6 is 0 Å². The monoisotopic (exact) mass is 408 g/mol. The Kier molecular flexibility index (Phi) is 9.27. The van der Waals surface area contributed by atoms with Crippen molar-refractivity contribution in [2.75, 3.05) is 13.2 Å². The molecule has 4 nitrogen and oxygen atoms in total. The van der Waals surface area contributed by atoms with Crippen molar-refractivity contribution in [3.63, 3.8) is 0 Å². The summed E-state index contributed by atoms with van der Waals surface area (Å²) in [6, 6.07) is 0. The first-order valence-corrected chi connectivity index (χ1v) is 13.2. The van der Waals surface area contributed by atoms with E-state index in [1.807, 2.05) is 0 Å². The Labute approximate surface area is 173 Å². The summed E-state index contributed by atoms with van der Waals surface area (Å²) in [7, 11) is -1.82. The Morgan fingerprint density at radius 3 is 1.82 bits per heavy atom. The second kappa shape index (κ2) is 10.5. The Bertz CT molecular complexity index is 558. The highest BCUT2D eigenvalue weighted by molar-refractivity contribution is 6.90. The molecule has 0 saturated heterocycles. The molecule has 0 radical (unpaired) electrons. The number of hydrogen-bond donors (Lipinski definition) is 0. The van der Waals surface area contributed by atoms with Crippen LogP contribution in [0.4, 0.5) is 0 Å². The van der Waals surface area contributed by atoms with Crippen molar-refractivity contribution in [3.8, 4) is 11.5 Å². The molecule has 1 unspecified atom stereocenters. The van der Waals surface area contributed by atoms with E-state index in [1.54, 1.807) is 13.8 Å². The van der Waals surface area contributed by atoms with Gasteiger partial charge in [0.25, 0.3) is 0 Å². The molecule has 0 N–H and O–H groups in total. The van der Waals surface area contributed by atoms with Crippen LogP contribution in [0.1, 0.15) is 81.1 Å². The van der Waals surface area contributed by atoms with Crippen LogP contribution in [0.5, 0.6) is 0 Å². The maximum atomic E-state index is 12.8. The normalized spacial score (nSPS) is 18.9.